The Kier molecular flexibility index (Phi) is 10.1. The molecule has 0 aliphatic carbocycles. The maximum absolute atomic E-state index is 8.04. The van der Waals surface area contributed by atoms with Crippen molar-refractivity contribution >= 4 is 55.0 Å². The molecule has 0 saturated heterocycles. The molecule has 72 heavy (non-hydrogen) atoms. The van der Waals surface area contributed by atoms with Gasteiger partial charge in [0.25, 0.3) is 0 Å². The van der Waals surface area contributed by atoms with Gasteiger partial charge < -0.3 is 9.13 Å². The molecule has 10 aromatic carbocycles. The summed E-state index contributed by atoms with van der Waals surface area (Å²) < 4.78 is 4.69. The fourth-order valence-corrected chi connectivity index (χ4v) is 10.4. The van der Waals surface area contributed by atoms with Gasteiger partial charge in [0.05, 0.1) is 40.9 Å². The van der Waals surface area contributed by atoms with E-state index in [1.54, 1.807) is 0 Å². The Labute approximate surface area is 415 Å². The number of hydrogen-bond donors (Lipinski definition) is 0. The molecule has 0 bridgehead atoms. The molecule has 0 spiro atoms. The van der Waals surface area contributed by atoms with Crippen LogP contribution in [-0.4, -0.2) is 24.1 Å². The molecule has 0 fully saturated rings. The van der Waals surface area contributed by atoms with Gasteiger partial charge in [-0.25, -0.2) is 24.6 Å². The van der Waals surface area contributed by atoms with Crippen LogP contribution in [0, 0.1) is 13.1 Å². The fraction of sp³-hybridized carbons (Fsp3) is 0. The van der Waals surface area contributed by atoms with E-state index >= 15 is 0 Å². The SMILES string of the molecule is [C-]#[N+]c1ccccc1-c1ccc2c(c1)c1cc(-c3ccccc3[N+]#[C-])ccc1n2-c1ccc(-c2cccc3c4ccccc4n(-c4ccccc4)c23)cc1-c1nc(-c2ccccc2)nc(-c2ccccc2)n1. The van der Waals surface area contributed by atoms with E-state index in [4.69, 9.17) is 28.1 Å². The first-order chi connectivity index (χ1) is 35.6. The highest BCUT2D eigenvalue weighted by atomic mass is 15.1. The van der Waals surface area contributed by atoms with Gasteiger partial charge in [-0.05, 0) is 82.4 Å². The lowest BCUT2D eigenvalue weighted by molar-refractivity contribution is 1.06. The molecule has 0 amide bonds. The van der Waals surface area contributed by atoms with Crippen LogP contribution in [0.5, 0.6) is 0 Å². The van der Waals surface area contributed by atoms with E-state index in [1.807, 2.05) is 109 Å². The molecule has 7 heteroatoms. The second kappa shape index (κ2) is 17.4. The standard InChI is InChI=1S/C65H39N7/c1-66-56-30-15-12-25-48(56)44-33-36-59-53(39-44)54-40-45(49-26-13-16-31-57(49)67-2)34-37-60(54)72(59)61-38-35-46(50-28-18-29-52-51-27-14-17-32-58(51)71(62(50)52)47-23-10-5-11-24-47)41-55(61)65-69-63(42-19-6-3-7-20-42)68-64(70-65)43-21-8-4-9-22-43/h3-41H. The van der Waals surface area contributed by atoms with Gasteiger partial charge in [-0.15, -0.1) is 0 Å². The highest BCUT2D eigenvalue weighted by Crippen LogP contribution is 2.44. The number of nitrogens with zero attached hydrogens (tertiary/aromatic N) is 7. The second-order valence-electron chi connectivity index (χ2n) is 17.7. The minimum absolute atomic E-state index is 0.524. The van der Waals surface area contributed by atoms with E-state index in [2.05, 4.69) is 146 Å². The van der Waals surface area contributed by atoms with Crippen LogP contribution < -0.4 is 0 Å². The summed E-state index contributed by atoms with van der Waals surface area (Å²) >= 11 is 0. The van der Waals surface area contributed by atoms with E-state index < -0.39 is 0 Å². The predicted octanol–water partition coefficient (Wildman–Crippen LogP) is 17.2. The van der Waals surface area contributed by atoms with E-state index in [0.717, 1.165) is 99.7 Å². The fourth-order valence-electron chi connectivity index (χ4n) is 10.4. The molecule has 0 unspecified atom stereocenters. The maximum atomic E-state index is 8.04. The number of rotatable bonds is 8. The van der Waals surface area contributed by atoms with Gasteiger partial charge >= 0.3 is 0 Å². The molecule has 0 saturated carbocycles. The van der Waals surface area contributed by atoms with Crippen LogP contribution in [0.4, 0.5) is 11.4 Å². The maximum Gasteiger partial charge on any atom is 0.194 e. The molecular weight excluding hydrogens is 879 g/mol. The largest absolute Gasteiger partial charge is 0.309 e. The summed E-state index contributed by atoms with van der Waals surface area (Å²) in [5, 5.41) is 4.34. The van der Waals surface area contributed by atoms with Gasteiger partial charge in [0, 0.05) is 49.5 Å². The summed E-state index contributed by atoms with van der Waals surface area (Å²) in [5.74, 6) is 1.65. The van der Waals surface area contributed by atoms with Gasteiger partial charge in [-0.1, -0.05) is 182 Å². The molecular formula is C65H39N7. The van der Waals surface area contributed by atoms with Crippen LogP contribution in [0.2, 0.25) is 0 Å². The van der Waals surface area contributed by atoms with Crippen LogP contribution >= 0.6 is 0 Å². The number of fused-ring (bicyclic) bond motifs is 6. The summed E-state index contributed by atoms with van der Waals surface area (Å²) in [6.07, 6.45) is 0. The summed E-state index contributed by atoms with van der Waals surface area (Å²) in [4.78, 5) is 23.7. The first-order valence-corrected chi connectivity index (χ1v) is 23.7. The lowest BCUT2D eigenvalue weighted by atomic mass is 9.98. The van der Waals surface area contributed by atoms with Crippen LogP contribution in [0.3, 0.4) is 0 Å². The highest BCUT2D eigenvalue weighted by molar-refractivity contribution is 6.15. The van der Waals surface area contributed by atoms with Crippen LogP contribution in [0.15, 0.2) is 237 Å². The van der Waals surface area contributed by atoms with Gasteiger partial charge in [0.15, 0.2) is 28.8 Å². The van der Waals surface area contributed by atoms with Crippen molar-refractivity contribution in [2.45, 2.75) is 0 Å². The Morgan fingerprint density at radius 1 is 0.306 bits per heavy atom. The molecule has 3 heterocycles. The summed E-state index contributed by atoms with van der Waals surface area (Å²) in [6, 6.07) is 81.0. The average molecular weight is 918 g/mol. The van der Waals surface area contributed by atoms with E-state index in [1.165, 1.54) is 5.39 Å². The molecule has 0 aliphatic heterocycles. The highest BCUT2D eigenvalue weighted by Gasteiger charge is 2.24. The second-order valence-corrected chi connectivity index (χ2v) is 17.7. The Morgan fingerprint density at radius 2 is 0.764 bits per heavy atom. The summed E-state index contributed by atoms with van der Waals surface area (Å²) in [5.41, 5.74) is 15.5. The van der Waals surface area contributed by atoms with Gasteiger partial charge in [-0.2, -0.15) is 0 Å². The zero-order chi connectivity index (χ0) is 48.1. The van der Waals surface area contributed by atoms with E-state index in [0.29, 0.717) is 28.8 Å². The monoisotopic (exact) mass is 917 g/mol. The van der Waals surface area contributed by atoms with Gasteiger partial charge in [0.1, 0.15) is 0 Å². The van der Waals surface area contributed by atoms with Crippen molar-refractivity contribution in [3.05, 3.63) is 259 Å². The summed E-state index contributed by atoms with van der Waals surface area (Å²) in [7, 11) is 0. The first-order valence-electron chi connectivity index (χ1n) is 23.7. The topological polar surface area (TPSA) is 57.2 Å². The van der Waals surface area contributed by atoms with Crippen molar-refractivity contribution in [1.29, 1.82) is 0 Å². The third-order valence-electron chi connectivity index (χ3n) is 13.6. The predicted molar refractivity (Wildman–Crippen MR) is 294 cm³/mol. The molecule has 0 aliphatic rings. The number of para-hydroxylation sites is 5. The third kappa shape index (κ3) is 7.00. The number of benzene rings is 10. The lowest BCUT2D eigenvalue weighted by Gasteiger charge is -2.17. The Balaban J connectivity index is 1.13. The van der Waals surface area contributed by atoms with Crippen molar-refractivity contribution in [3.8, 4) is 78.9 Å². The quantitative estimate of drug-likeness (QED) is 0.143. The number of aromatic nitrogens is 5. The minimum atomic E-state index is 0.524. The molecule has 13 aromatic rings. The van der Waals surface area contributed by atoms with Gasteiger partial charge in [-0.3, -0.25) is 0 Å². The Morgan fingerprint density at radius 3 is 1.36 bits per heavy atom. The number of hydrogen-bond acceptors (Lipinski definition) is 3. The van der Waals surface area contributed by atoms with E-state index in [9.17, 15) is 0 Å². The van der Waals surface area contributed by atoms with Crippen LogP contribution in [0.1, 0.15) is 0 Å². The summed E-state index contributed by atoms with van der Waals surface area (Å²) in [6.45, 7) is 16.1. The normalized spacial score (nSPS) is 11.3. The van der Waals surface area contributed by atoms with Crippen LogP contribution in [-0.2, 0) is 0 Å². The van der Waals surface area contributed by atoms with E-state index in [-0.39, 0.29) is 0 Å². The van der Waals surface area contributed by atoms with Crippen molar-refractivity contribution in [2.75, 3.05) is 0 Å². The van der Waals surface area contributed by atoms with Crippen LogP contribution in [0.25, 0.3) is 132 Å². The molecule has 7 nitrogen and oxygen atoms in total. The third-order valence-corrected chi connectivity index (χ3v) is 13.6. The smallest absolute Gasteiger partial charge is 0.194 e. The molecule has 3 aromatic heterocycles. The van der Waals surface area contributed by atoms with Gasteiger partial charge in [0.2, 0.25) is 0 Å². The Bertz CT molecular complexity index is 4180. The zero-order valence-electron chi connectivity index (χ0n) is 38.6. The van der Waals surface area contributed by atoms with Crippen molar-refractivity contribution in [2.24, 2.45) is 0 Å². The molecule has 0 N–H and O–H groups in total. The van der Waals surface area contributed by atoms with Crippen molar-refractivity contribution in [3.63, 3.8) is 0 Å². The molecule has 0 atom stereocenters. The molecule has 0 radical (unpaired) electrons. The average Bonchev–Trinajstić information content (AvgIpc) is 3.97. The zero-order valence-corrected chi connectivity index (χ0v) is 38.6. The first kappa shape index (κ1) is 41.9. The van der Waals surface area contributed by atoms with Crippen molar-refractivity contribution < 1.29 is 0 Å². The molecule has 13 rings (SSSR count). The van der Waals surface area contributed by atoms with Crippen molar-refractivity contribution in [1.82, 2.24) is 24.1 Å². The Hall–Kier alpha value is -10.2. The molecule has 334 valence electrons. The lowest BCUT2D eigenvalue weighted by Crippen LogP contribution is -2.04. The minimum Gasteiger partial charge on any atom is -0.309 e.